The van der Waals surface area contributed by atoms with E-state index in [1.807, 2.05) is 12.1 Å². The van der Waals surface area contributed by atoms with Gasteiger partial charge in [0.1, 0.15) is 5.82 Å². The smallest absolute Gasteiger partial charge is 0.231 e. The van der Waals surface area contributed by atoms with Crippen molar-refractivity contribution < 1.29 is 9.53 Å². The van der Waals surface area contributed by atoms with Crippen molar-refractivity contribution in [2.45, 2.75) is 25.9 Å². The van der Waals surface area contributed by atoms with Crippen molar-refractivity contribution in [1.29, 1.82) is 0 Å². The Bertz CT molecular complexity index is 888. The number of carbonyl (C=O) groups excluding carboxylic acids is 1. The van der Waals surface area contributed by atoms with Gasteiger partial charge in [-0.2, -0.15) is 9.61 Å². The quantitative estimate of drug-likeness (QED) is 0.798. The number of hydrogen-bond acceptors (Lipinski definition) is 4. The molecule has 3 aromatic rings. The minimum atomic E-state index is -0.227. The first-order chi connectivity index (χ1) is 12.2. The van der Waals surface area contributed by atoms with Crippen LogP contribution in [0.5, 0.6) is 0 Å². The summed E-state index contributed by atoms with van der Waals surface area (Å²) in [6.45, 7) is 2.73. The summed E-state index contributed by atoms with van der Waals surface area (Å²) in [6.07, 6.45) is 4.80. The second-order valence-electron chi connectivity index (χ2n) is 6.37. The third-order valence-electron chi connectivity index (χ3n) is 4.61. The summed E-state index contributed by atoms with van der Waals surface area (Å²) < 4.78 is 7.58. The zero-order valence-corrected chi connectivity index (χ0v) is 14.1. The van der Waals surface area contributed by atoms with Crippen LogP contribution < -0.4 is 5.32 Å². The molecule has 4 rings (SSSR count). The fourth-order valence-corrected chi connectivity index (χ4v) is 3.28. The number of benzene rings is 1. The molecule has 0 aliphatic carbocycles. The maximum Gasteiger partial charge on any atom is 0.231 e. The molecule has 6 nitrogen and oxygen atoms in total. The van der Waals surface area contributed by atoms with Crippen molar-refractivity contribution in [3.63, 3.8) is 0 Å². The van der Waals surface area contributed by atoms with Crippen LogP contribution in [-0.2, 0) is 9.53 Å². The third kappa shape index (κ3) is 3.13. The maximum atomic E-state index is 12.9. The average Bonchev–Trinajstić information content (AvgIpc) is 3.12. The Morgan fingerprint density at radius 1 is 1.20 bits per heavy atom. The first-order valence-electron chi connectivity index (χ1n) is 8.50. The highest BCUT2D eigenvalue weighted by Crippen LogP contribution is 2.34. The molecule has 1 aliphatic heterocycles. The Balaban J connectivity index is 1.58. The van der Waals surface area contributed by atoms with E-state index in [0.29, 0.717) is 18.1 Å². The summed E-state index contributed by atoms with van der Waals surface area (Å²) in [5, 5.41) is 7.21. The summed E-state index contributed by atoms with van der Waals surface area (Å²) >= 11 is 0. The number of carbonyl (C=O) groups is 1. The summed E-state index contributed by atoms with van der Waals surface area (Å²) in [5.74, 6) is 0.344. The molecule has 0 bridgehead atoms. The molecule has 1 saturated heterocycles. The molecule has 0 radical (unpaired) electrons. The van der Waals surface area contributed by atoms with Crippen molar-refractivity contribution in [1.82, 2.24) is 14.6 Å². The van der Waals surface area contributed by atoms with Crippen LogP contribution in [0.3, 0.4) is 0 Å². The molecule has 0 spiro atoms. The van der Waals surface area contributed by atoms with Crippen LogP contribution in [0.4, 0.5) is 5.82 Å². The van der Waals surface area contributed by atoms with Crippen LogP contribution in [0.25, 0.3) is 5.65 Å². The molecular weight excluding hydrogens is 316 g/mol. The number of rotatable bonds is 3. The first kappa shape index (κ1) is 15.8. The molecule has 6 heteroatoms. The first-order valence-corrected chi connectivity index (χ1v) is 8.50. The number of hydrogen-bond donors (Lipinski definition) is 1. The molecule has 1 aromatic carbocycles. The molecule has 25 heavy (non-hydrogen) atoms. The zero-order valence-electron chi connectivity index (χ0n) is 14.1. The summed E-state index contributed by atoms with van der Waals surface area (Å²) in [4.78, 5) is 17.1. The van der Waals surface area contributed by atoms with Crippen LogP contribution in [-0.4, -0.2) is 27.1 Å². The van der Waals surface area contributed by atoms with Gasteiger partial charge in [0.2, 0.25) is 5.91 Å². The molecule has 1 N–H and O–H groups in total. The summed E-state index contributed by atoms with van der Waals surface area (Å²) in [7, 11) is 0. The SMILES string of the molecule is Cc1ccc(C2OCCCC2C(=O)Nc2ccnc3ccnn23)cc1. The van der Waals surface area contributed by atoms with Gasteiger partial charge in [-0.15, -0.1) is 0 Å². The Kier molecular flexibility index (Phi) is 4.19. The van der Waals surface area contributed by atoms with Crippen molar-refractivity contribution in [3.05, 3.63) is 59.9 Å². The van der Waals surface area contributed by atoms with Crippen molar-refractivity contribution >= 4 is 17.4 Å². The molecular formula is C19H20N4O2. The molecule has 1 aliphatic rings. The Hall–Kier alpha value is -2.73. The van der Waals surface area contributed by atoms with Gasteiger partial charge in [-0.25, -0.2) is 4.98 Å². The van der Waals surface area contributed by atoms with E-state index in [4.69, 9.17) is 4.74 Å². The lowest BCUT2D eigenvalue weighted by Crippen LogP contribution is -2.33. The average molecular weight is 336 g/mol. The fourth-order valence-electron chi connectivity index (χ4n) is 3.28. The molecule has 2 atom stereocenters. The molecule has 1 amide bonds. The number of aryl methyl sites for hydroxylation is 1. The van der Waals surface area contributed by atoms with Crippen LogP contribution in [0.1, 0.15) is 30.1 Å². The van der Waals surface area contributed by atoms with E-state index < -0.39 is 0 Å². The highest BCUT2D eigenvalue weighted by atomic mass is 16.5. The number of nitrogens with one attached hydrogen (secondary N) is 1. The van der Waals surface area contributed by atoms with Crippen molar-refractivity contribution in [2.75, 3.05) is 11.9 Å². The molecule has 0 saturated carbocycles. The number of aromatic nitrogens is 3. The number of anilines is 1. The second kappa shape index (κ2) is 6.64. The van der Waals surface area contributed by atoms with Gasteiger partial charge in [-0.3, -0.25) is 4.79 Å². The predicted octanol–water partition coefficient (Wildman–Crippen LogP) is 3.14. The molecule has 3 heterocycles. The highest BCUT2D eigenvalue weighted by Gasteiger charge is 2.33. The largest absolute Gasteiger partial charge is 0.373 e. The molecule has 128 valence electrons. The lowest BCUT2D eigenvalue weighted by molar-refractivity contribution is -0.129. The van der Waals surface area contributed by atoms with E-state index in [2.05, 4.69) is 34.5 Å². The van der Waals surface area contributed by atoms with Gasteiger partial charge in [0.05, 0.1) is 18.2 Å². The van der Waals surface area contributed by atoms with Crippen molar-refractivity contribution in [2.24, 2.45) is 5.92 Å². The van der Waals surface area contributed by atoms with Gasteiger partial charge < -0.3 is 10.1 Å². The minimum Gasteiger partial charge on any atom is -0.373 e. The van der Waals surface area contributed by atoms with E-state index in [-0.39, 0.29) is 17.9 Å². The third-order valence-corrected chi connectivity index (χ3v) is 4.61. The summed E-state index contributed by atoms with van der Waals surface area (Å²) in [6, 6.07) is 11.8. The van der Waals surface area contributed by atoms with Gasteiger partial charge in [0, 0.05) is 18.9 Å². The van der Waals surface area contributed by atoms with Crippen LogP contribution in [0.15, 0.2) is 48.8 Å². The van der Waals surface area contributed by atoms with Gasteiger partial charge in [-0.1, -0.05) is 29.8 Å². The number of nitrogens with zero attached hydrogens (tertiary/aromatic N) is 3. The Labute approximate surface area is 145 Å². The number of amides is 1. The molecule has 2 aromatic heterocycles. The zero-order chi connectivity index (χ0) is 17.2. The van der Waals surface area contributed by atoms with E-state index in [9.17, 15) is 4.79 Å². The highest BCUT2D eigenvalue weighted by molar-refractivity contribution is 5.92. The lowest BCUT2D eigenvalue weighted by atomic mass is 9.88. The standard InChI is InChI=1S/C19H20N4O2/c1-13-4-6-14(7-5-13)18-15(3-2-12-25-18)19(24)22-17-8-10-20-16-9-11-21-23(16)17/h4-11,15,18H,2-3,12H2,1H3,(H,22,24). The topological polar surface area (TPSA) is 68.5 Å². The van der Waals surface area contributed by atoms with Gasteiger partial charge >= 0.3 is 0 Å². The summed E-state index contributed by atoms with van der Waals surface area (Å²) in [5.41, 5.74) is 2.94. The van der Waals surface area contributed by atoms with Gasteiger partial charge in [0.15, 0.2) is 5.65 Å². The molecule has 2 unspecified atom stereocenters. The van der Waals surface area contributed by atoms with Crippen LogP contribution >= 0.6 is 0 Å². The van der Waals surface area contributed by atoms with Crippen LogP contribution in [0.2, 0.25) is 0 Å². The van der Waals surface area contributed by atoms with Crippen molar-refractivity contribution in [3.8, 4) is 0 Å². The number of ether oxygens (including phenoxy) is 1. The normalized spacial score (nSPS) is 20.5. The lowest BCUT2D eigenvalue weighted by Gasteiger charge is -2.31. The number of fused-ring (bicyclic) bond motifs is 1. The fraction of sp³-hybridized carbons (Fsp3) is 0.316. The Morgan fingerprint density at radius 2 is 2.04 bits per heavy atom. The maximum absolute atomic E-state index is 12.9. The van der Waals surface area contributed by atoms with E-state index in [0.717, 1.165) is 18.4 Å². The van der Waals surface area contributed by atoms with E-state index in [1.54, 1.807) is 29.0 Å². The van der Waals surface area contributed by atoms with Gasteiger partial charge in [-0.05, 0) is 31.4 Å². The van der Waals surface area contributed by atoms with Crippen LogP contribution in [0, 0.1) is 12.8 Å². The van der Waals surface area contributed by atoms with E-state index in [1.165, 1.54) is 5.56 Å². The van der Waals surface area contributed by atoms with E-state index >= 15 is 0 Å². The monoisotopic (exact) mass is 336 g/mol. The molecule has 1 fully saturated rings. The predicted molar refractivity (Wildman–Crippen MR) is 94.2 cm³/mol. The second-order valence-corrected chi connectivity index (χ2v) is 6.37. The minimum absolute atomic E-state index is 0.0479. The Morgan fingerprint density at radius 3 is 2.88 bits per heavy atom. The van der Waals surface area contributed by atoms with Gasteiger partial charge in [0.25, 0.3) is 0 Å².